The molecule has 3 aromatic rings. The molecular weight excluding hydrogens is 232 g/mol. The van der Waals surface area contributed by atoms with Gasteiger partial charge in [-0.3, -0.25) is 9.97 Å². The van der Waals surface area contributed by atoms with Gasteiger partial charge in [0, 0.05) is 22.2 Å². The van der Waals surface area contributed by atoms with Crippen LogP contribution in [-0.4, -0.2) is 9.97 Å². The van der Waals surface area contributed by atoms with E-state index in [1.807, 2.05) is 44.2 Å². The molecule has 3 rings (SSSR count). The molecule has 0 saturated carbocycles. The van der Waals surface area contributed by atoms with Crippen LogP contribution >= 0.6 is 11.6 Å². The van der Waals surface area contributed by atoms with Crippen LogP contribution in [0.4, 0.5) is 0 Å². The fourth-order valence-corrected chi connectivity index (χ4v) is 2.29. The molecule has 1 aromatic carbocycles. The zero-order valence-corrected chi connectivity index (χ0v) is 10.4. The summed E-state index contributed by atoms with van der Waals surface area (Å²) in [4.78, 5) is 9.12. The minimum Gasteiger partial charge on any atom is -0.251 e. The van der Waals surface area contributed by atoms with Crippen LogP contribution in [0, 0.1) is 13.8 Å². The summed E-state index contributed by atoms with van der Waals surface area (Å²) in [7, 11) is 0. The molecule has 0 radical (unpaired) electrons. The molecule has 0 amide bonds. The maximum Gasteiger partial charge on any atom is 0.0982 e. The molecule has 2 heterocycles. The van der Waals surface area contributed by atoms with Crippen LogP contribution in [0.5, 0.6) is 0 Å². The molecule has 2 nitrogen and oxygen atoms in total. The molecule has 0 aliphatic carbocycles. The van der Waals surface area contributed by atoms with Gasteiger partial charge < -0.3 is 0 Å². The van der Waals surface area contributed by atoms with E-state index < -0.39 is 0 Å². The highest BCUT2D eigenvalue weighted by molar-refractivity contribution is 6.37. The quantitative estimate of drug-likeness (QED) is 0.556. The molecule has 0 aliphatic rings. The molecule has 0 N–H and O–H groups in total. The Hall–Kier alpha value is -1.67. The number of halogens is 1. The summed E-state index contributed by atoms with van der Waals surface area (Å²) in [5.41, 5.74) is 3.78. The number of hydrogen-bond acceptors (Lipinski definition) is 2. The lowest BCUT2D eigenvalue weighted by Gasteiger charge is -2.06. The van der Waals surface area contributed by atoms with E-state index in [9.17, 15) is 0 Å². The Morgan fingerprint density at radius 2 is 1.53 bits per heavy atom. The first kappa shape index (κ1) is 10.5. The Kier molecular flexibility index (Phi) is 2.26. The minimum absolute atomic E-state index is 0.727. The average molecular weight is 243 g/mol. The van der Waals surface area contributed by atoms with Gasteiger partial charge >= 0.3 is 0 Å². The summed E-state index contributed by atoms with van der Waals surface area (Å²) < 4.78 is 0. The fourth-order valence-electron chi connectivity index (χ4n) is 2.02. The van der Waals surface area contributed by atoms with Crippen molar-refractivity contribution in [1.82, 2.24) is 9.97 Å². The van der Waals surface area contributed by atoms with E-state index in [1.165, 1.54) is 0 Å². The van der Waals surface area contributed by atoms with E-state index in [2.05, 4.69) is 9.97 Å². The van der Waals surface area contributed by atoms with Gasteiger partial charge in [0.15, 0.2) is 0 Å². The van der Waals surface area contributed by atoms with Gasteiger partial charge in [0.1, 0.15) is 0 Å². The number of pyridine rings is 2. The average Bonchev–Trinajstić information content (AvgIpc) is 2.30. The minimum atomic E-state index is 0.727. The maximum absolute atomic E-state index is 6.26. The van der Waals surface area contributed by atoms with Crippen molar-refractivity contribution >= 4 is 33.4 Å². The van der Waals surface area contributed by atoms with Gasteiger partial charge in [0.2, 0.25) is 0 Å². The van der Waals surface area contributed by atoms with Crippen molar-refractivity contribution in [2.75, 3.05) is 0 Å². The van der Waals surface area contributed by atoms with E-state index in [1.54, 1.807) is 0 Å². The van der Waals surface area contributed by atoms with Crippen molar-refractivity contribution in [3.05, 3.63) is 46.7 Å². The highest BCUT2D eigenvalue weighted by atomic mass is 35.5. The molecule has 0 aliphatic heterocycles. The van der Waals surface area contributed by atoms with Crippen LogP contribution in [0.3, 0.4) is 0 Å². The highest BCUT2D eigenvalue weighted by Gasteiger charge is 2.08. The fraction of sp³-hybridized carbons (Fsp3) is 0.143. The number of hydrogen-bond donors (Lipinski definition) is 0. The van der Waals surface area contributed by atoms with Crippen molar-refractivity contribution in [2.24, 2.45) is 0 Å². The van der Waals surface area contributed by atoms with E-state index in [4.69, 9.17) is 11.6 Å². The first-order valence-corrected chi connectivity index (χ1v) is 5.86. The zero-order valence-electron chi connectivity index (χ0n) is 9.66. The first-order valence-electron chi connectivity index (χ1n) is 5.48. The van der Waals surface area contributed by atoms with Gasteiger partial charge in [-0.1, -0.05) is 17.7 Å². The van der Waals surface area contributed by atoms with Crippen molar-refractivity contribution < 1.29 is 0 Å². The van der Waals surface area contributed by atoms with Crippen molar-refractivity contribution in [2.45, 2.75) is 13.8 Å². The molecule has 0 atom stereocenters. The summed E-state index contributed by atoms with van der Waals surface area (Å²) in [6.45, 7) is 3.96. The number of aromatic nitrogens is 2. The molecule has 3 heteroatoms. The first-order chi connectivity index (χ1) is 8.15. The Morgan fingerprint density at radius 1 is 0.882 bits per heavy atom. The SMILES string of the molecule is Cc1ccc2cc(Cl)c3ccc(C)nc3c2n1. The topological polar surface area (TPSA) is 25.8 Å². The Labute approximate surface area is 104 Å². The highest BCUT2D eigenvalue weighted by Crippen LogP contribution is 2.29. The normalized spacial score (nSPS) is 11.2. The number of benzene rings is 1. The van der Waals surface area contributed by atoms with Crippen LogP contribution in [0.25, 0.3) is 21.8 Å². The maximum atomic E-state index is 6.26. The van der Waals surface area contributed by atoms with Gasteiger partial charge in [-0.15, -0.1) is 0 Å². The van der Waals surface area contributed by atoms with Crippen molar-refractivity contribution in [3.8, 4) is 0 Å². The van der Waals surface area contributed by atoms with E-state index in [0.29, 0.717) is 0 Å². The third-order valence-electron chi connectivity index (χ3n) is 2.86. The summed E-state index contributed by atoms with van der Waals surface area (Å²) in [6.07, 6.45) is 0. The predicted molar refractivity (Wildman–Crippen MR) is 71.5 cm³/mol. The lowest BCUT2D eigenvalue weighted by Crippen LogP contribution is -1.90. The Balaban J connectivity index is 2.59. The molecule has 17 heavy (non-hydrogen) atoms. The Bertz CT molecular complexity index is 735. The lowest BCUT2D eigenvalue weighted by atomic mass is 10.1. The van der Waals surface area contributed by atoms with E-state index in [0.717, 1.165) is 38.2 Å². The van der Waals surface area contributed by atoms with Crippen LogP contribution < -0.4 is 0 Å². The molecule has 0 unspecified atom stereocenters. The smallest absolute Gasteiger partial charge is 0.0982 e. The van der Waals surface area contributed by atoms with Crippen molar-refractivity contribution in [1.29, 1.82) is 0 Å². The van der Waals surface area contributed by atoms with Gasteiger partial charge in [-0.2, -0.15) is 0 Å². The molecule has 0 spiro atoms. The Morgan fingerprint density at radius 3 is 2.29 bits per heavy atom. The molecular formula is C14H11ClN2. The van der Waals surface area contributed by atoms with E-state index >= 15 is 0 Å². The summed E-state index contributed by atoms with van der Waals surface area (Å²) >= 11 is 6.26. The van der Waals surface area contributed by atoms with Crippen molar-refractivity contribution in [3.63, 3.8) is 0 Å². The second-order valence-corrected chi connectivity index (χ2v) is 4.64. The predicted octanol–water partition coefficient (Wildman–Crippen LogP) is 4.05. The van der Waals surface area contributed by atoms with Crippen LogP contribution in [-0.2, 0) is 0 Å². The van der Waals surface area contributed by atoms with Gasteiger partial charge in [-0.05, 0) is 38.1 Å². The second kappa shape index (κ2) is 3.67. The largest absolute Gasteiger partial charge is 0.251 e. The van der Waals surface area contributed by atoms with Crippen LogP contribution in [0.15, 0.2) is 30.3 Å². The third kappa shape index (κ3) is 1.65. The molecule has 0 bridgehead atoms. The number of nitrogens with zero attached hydrogens (tertiary/aromatic N) is 2. The lowest BCUT2D eigenvalue weighted by molar-refractivity contribution is 1.23. The van der Waals surface area contributed by atoms with E-state index in [-0.39, 0.29) is 0 Å². The van der Waals surface area contributed by atoms with Gasteiger partial charge in [-0.25, -0.2) is 0 Å². The zero-order chi connectivity index (χ0) is 12.0. The number of fused-ring (bicyclic) bond motifs is 3. The molecule has 84 valence electrons. The van der Waals surface area contributed by atoms with Gasteiger partial charge in [0.25, 0.3) is 0 Å². The summed E-state index contributed by atoms with van der Waals surface area (Å²) in [5.74, 6) is 0. The number of aryl methyl sites for hydroxylation is 2. The monoisotopic (exact) mass is 242 g/mol. The molecule has 0 fully saturated rings. The molecule has 0 saturated heterocycles. The van der Waals surface area contributed by atoms with Crippen LogP contribution in [0.2, 0.25) is 5.02 Å². The van der Waals surface area contributed by atoms with Crippen LogP contribution in [0.1, 0.15) is 11.4 Å². The standard InChI is InChI=1S/C14H11ClN2/c1-8-3-5-10-7-12(15)11-6-4-9(2)17-14(11)13(10)16-8/h3-7H,1-2H3. The molecule has 2 aromatic heterocycles. The summed E-state index contributed by atoms with van der Waals surface area (Å²) in [6, 6.07) is 9.94. The van der Waals surface area contributed by atoms with Gasteiger partial charge in [0.05, 0.1) is 16.1 Å². The third-order valence-corrected chi connectivity index (χ3v) is 3.18. The summed E-state index contributed by atoms with van der Waals surface area (Å²) in [5, 5.41) is 2.72. The second-order valence-electron chi connectivity index (χ2n) is 4.23. The number of rotatable bonds is 0.